The van der Waals surface area contributed by atoms with Crippen LogP contribution in [0.1, 0.15) is 25.1 Å². The Kier molecular flexibility index (Phi) is 2.69. The lowest BCUT2D eigenvalue weighted by Gasteiger charge is -2.07. The van der Waals surface area contributed by atoms with Crippen molar-refractivity contribution in [1.82, 2.24) is 4.98 Å². The van der Waals surface area contributed by atoms with Gasteiger partial charge in [0, 0.05) is 11.9 Å². The van der Waals surface area contributed by atoms with Crippen LogP contribution in [0, 0.1) is 0 Å². The fourth-order valence-electron chi connectivity index (χ4n) is 1.27. The highest BCUT2D eigenvalue weighted by atomic mass is 14.7. The maximum Gasteiger partial charge on any atom is 0.114 e. The highest BCUT2D eigenvalue weighted by molar-refractivity contribution is 6.33. The SMILES string of the molecule is [B]c1ccnc(CC)c1CC. The maximum absolute atomic E-state index is 5.77. The molecule has 1 rings (SSSR count). The predicted octanol–water partition coefficient (Wildman–Crippen LogP) is 1.00. The molecule has 0 aliphatic rings. The lowest BCUT2D eigenvalue weighted by Crippen LogP contribution is -2.13. The average Bonchev–Trinajstić information content (AvgIpc) is 2.04. The molecule has 0 amide bonds. The molecule has 0 fully saturated rings. The van der Waals surface area contributed by atoms with Gasteiger partial charge in [-0.1, -0.05) is 25.4 Å². The molecule has 11 heavy (non-hydrogen) atoms. The van der Waals surface area contributed by atoms with Crippen LogP contribution >= 0.6 is 0 Å². The van der Waals surface area contributed by atoms with Crippen molar-refractivity contribution < 1.29 is 0 Å². The van der Waals surface area contributed by atoms with Gasteiger partial charge in [0.1, 0.15) is 7.85 Å². The van der Waals surface area contributed by atoms with Crippen LogP contribution in [0.3, 0.4) is 0 Å². The fourth-order valence-corrected chi connectivity index (χ4v) is 1.27. The van der Waals surface area contributed by atoms with E-state index in [0.717, 1.165) is 24.0 Å². The van der Waals surface area contributed by atoms with Crippen LogP contribution in [0.25, 0.3) is 0 Å². The van der Waals surface area contributed by atoms with Crippen LogP contribution in [0.15, 0.2) is 12.3 Å². The van der Waals surface area contributed by atoms with Gasteiger partial charge in [0.25, 0.3) is 0 Å². The molecule has 0 N–H and O–H groups in total. The molecule has 1 heterocycles. The number of rotatable bonds is 2. The van der Waals surface area contributed by atoms with Gasteiger partial charge in [0.05, 0.1) is 0 Å². The second-order valence-electron chi connectivity index (χ2n) is 2.53. The molecule has 56 valence electrons. The number of hydrogen-bond donors (Lipinski definition) is 0. The Morgan fingerprint density at radius 1 is 1.36 bits per heavy atom. The van der Waals surface area contributed by atoms with E-state index in [0.29, 0.717) is 0 Å². The average molecular weight is 145 g/mol. The van der Waals surface area contributed by atoms with Crippen molar-refractivity contribution >= 4 is 13.3 Å². The third kappa shape index (κ3) is 1.62. The van der Waals surface area contributed by atoms with E-state index in [1.54, 1.807) is 6.20 Å². The summed E-state index contributed by atoms with van der Waals surface area (Å²) >= 11 is 0. The van der Waals surface area contributed by atoms with Crippen molar-refractivity contribution in [2.24, 2.45) is 0 Å². The normalized spacial score (nSPS) is 10.0. The Balaban J connectivity index is 3.13. The first-order valence-corrected chi connectivity index (χ1v) is 4.01. The minimum absolute atomic E-state index is 0.874. The lowest BCUT2D eigenvalue weighted by atomic mass is 9.88. The van der Waals surface area contributed by atoms with Gasteiger partial charge in [0.15, 0.2) is 0 Å². The van der Waals surface area contributed by atoms with Gasteiger partial charge in [-0.05, 0) is 18.4 Å². The molecule has 2 heteroatoms. The molecule has 0 aliphatic carbocycles. The molecule has 1 nitrogen and oxygen atoms in total. The van der Waals surface area contributed by atoms with E-state index < -0.39 is 0 Å². The van der Waals surface area contributed by atoms with E-state index in [2.05, 4.69) is 18.8 Å². The third-order valence-electron chi connectivity index (χ3n) is 1.87. The van der Waals surface area contributed by atoms with Crippen LogP contribution in [0.4, 0.5) is 0 Å². The van der Waals surface area contributed by atoms with E-state index in [1.165, 1.54) is 5.56 Å². The Morgan fingerprint density at radius 3 is 2.55 bits per heavy atom. The highest BCUT2D eigenvalue weighted by Gasteiger charge is 2.00. The molecule has 0 unspecified atom stereocenters. The van der Waals surface area contributed by atoms with E-state index in [1.807, 2.05) is 6.07 Å². The van der Waals surface area contributed by atoms with Crippen LogP contribution in [0.2, 0.25) is 0 Å². The van der Waals surface area contributed by atoms with Gasteiger partial charge < -0.3 is 0 Å². The molecule has 0 atom stereocenters. The predicted molar refractivity (Wildman–Crippen MR) is 48.4 cm³/mol. The highest BCUT2D eigenvalue weighted by Crippen LogP contribution is 2.03. The first-order chi connectivity index (χ1) is 5.29. The Labute approximate surface area is 69.3 Å². The molecule has 0 aromatic carbocycles. The second-order valence-corrected chi connectivity index (χ2v) is 2.53. The number of aryl methyl sites for hydroxylation is 1. The number of pyridine rings is 1. The number of aromatic nitrogens is 1. The number of nitrogens with zero attached hydrogens (tertiary/aromatic N) is 1. The van der Waals surface area contributed by atoms with Crippen molar-refractivity contribution in [2.75, 3.05) is 0 Å². The van der Waals surface area contributed by atoms with Crippen molar-refractivity contribution in [3.05, 3.63) is 23.5 Å². The summed E-state index contributed by atoms with van der Waals surface area (Å²) in [6, 6.07) is 1.86. The van der Waals surface area contributed by atoms with Gasteiger partial charge >= 0.3 is 0 Å². The monoisotopic (exact) mass is 145 g/mol. The van der Waals surface area contributed by atoms with E-state index in [-0.39, 0.29) is 0 Å². The van der Waals surface area contributed by atoms with Crippen molar-refractivity contribution in [3.63, 3.8) is 0 Å². The Morgan fingerprint density at radius 2 is 2.09 bits per heavy atom. The van der Waals surface area contributed by atoms with Gasteiger partial charge in [-0.15, -0.1) is 0 Å². The topological polar surface area (TPSA) is 12.9 Å². The fraction of sp³-hybridized carbons (Fsp3) is 0.444. The van der Waals surface area contributed by atoms with Gasteiger partial charge in [-0.3, -0.25) is 4.98 Å². The summed E-state index contributed by atoms with van der Waals surface area (Å²) in [4.78, 5) is 4.25. The smallest absolute Gasteiger partial charge is 0.114 e. The van der Waals surface area contributed by atoms with Crippen LogP contribution in [-0.4, -0.2) is 12.8 Å². The Bertz CT molecular complexity index is 245. The quantitative estimate of drug-likeness (QED) is 0.565. The summed E-state index contributed by atoms with van der Waals surface area (Å²) in [5, 5.41) is 0. The first kappa shape index (κ1) is 8.31. The molecular formula is C9H12BN. The molecular weight excluding hydrogens is 133 g/mol. The molecule has 1 aromatic rings. The molecule has 1 aromatic heterocycles. The van der Waals surface area contributed by atoms with Crippen molar-refractivity contribution in [3.8, 4) is 0 Å². The minimum Gasteiger partial charge on any atom is -0.261 e. The molecule has 0 spiro atoms. The largest absolute Gasteiger partial charge is 0.261 e. The zero-order valence-electron chi connectivity index (χ0n) is 7.09. The summed E-state index contributed by atoms with van der Waals surface area (Å²) < 4.78 is 0. The zero-order valence-corrected chi connectivity index (χ0v) is 7.09. The minimum atomic E-state index is 0.874. The Hall–Kier alpha value is -0.785. The second kappa shape index (κ2) is 3.56. The summed E-state index contributed by atoms with van der Waals surface area (Å²) in [6.07, 6.45) is 3.71. The molecule has 0 bridgehead atoms. The van der Waals surface area contributed by atoms with E-state index >= 15 is 0 Å². The van der Waals surface area contributed by atoms with Crippen LogP contribution < -0.4 is 5.46 Å². The van der Waals surface area contributed by atoms with Crippen LogP contribution in [0.5, 0.6) is 0 Å². The van der Waals surface area contributed by atoms with Crippen molar-refractivity contribution in [1.29, 1.82) is 0 Å². The standard InChI is InChI=1S/C9H12BN/c1-3-7-8(10)5-6-11-9(7)4-2/h5-6H,3-4H2,1-2H3. The van der Waals surface area contributed by atoms with Gasteiger partial charge in [0.2, 0.25) is 0 Å². The summed E-state index contributed by atoms with van der Waals surface area (Å²) in [5.41, 5.74) is 3.21. The molecule has 0 saturated carbocycles. The summed E-state index contributed by atoms with van der Waals surface area (Å²) in [7, 11) is 5.77. The molecule has 0 aliphatic heterocycles. The van der Waals surface area contributed by atoms with E-state index in [4.69, 9.17) is 7.85 Å². The first-order valence-electron chi connectivity index (χ1n) is 4.01. The summed E-state index contributed by atoms with van der Waals surface area (Å²) in [6.45, 7) is 4.20. The van der Waals surface area contributed by atoms with Gasteiger partial charge in [-0.2, -0.15) is 0 Å². The third-order valence-corrected chi connectivity index (χ3v) is 1.87. The summed E-state index contributed by atoms with van der Waals surface area (Å²) in [5.74, 6) is 0. The van der Waals surface area contributed by atoms with Gasteiger partial charge in [-0.25, -0.2) is 0 Å². The molecule has 2 radical (unpaired) electrons. The maximum atomic E-state index is 5.77. The van der Waals surface area contributed by atoms with Crippen molar-refractivity contribution in [2.45, 2.75) is 26.7 Å². The van der Waals surface area contributed by atoms with E-state index in [9.17, 15) is 0 Å². The number of hydrogen-bond acceptors (Lipinski definition) is 1. The van der Waals surface area contributed by atoms with Crippen LogP contribution in [-0.2, 0) is 12.8 Å². The zero-order chi connectivity index (χ0) is 8.27. The molecule has 0 saturated heterocycles. The lowest BCUT2D eigenvalue weighted by molar-refractivity contribution is 0.973.